The number of hydrogen-bond acceptors (Lipinski definition) is 1. The molecule has 0 amide bonds. The minimum absolute atomic E-state index is 0. The second kappa shape index (κ2) is 9.21. The van der Waals surface area contributed by atoms with E-state index in [4.69, 9.17) is 5.11 Å². The summed E-state index contributed by atoms with van der Waals surface area (Å²) < 4.78 is 0. The van der Waals surface area contributed by atoms with Gasteiger partial charge in [-0.25, -0.2) is 0 Å². The van der Waals surface area contributed by atoms with Crippen LogP contribution in [0.25, 0.3) is 0 Å². The second-order valence-electron chi connectivity index (χ2n) is 1.08. The molecule has 0 radical (unpaired) electrons. The summed E-state index contributed by atoms with van der Waals surface area (Å²) in [7, 11) is 0. The quantitative estimate of drug-likeness (QED) is 0.496. The van der Waals surface area contributed by atoms with Crippen molar-refractivity contribution in [2.75, 3.05) is 6.61 Å². The van der Waals surface area contributed by atoms with Gasteiger partial charge in [0.15, 0.2) is 0 Å². The molecular formula is C4H10MgO+2. The number of rotatable bonds is 2. The molecule has 0 aliphatic carbocycles. The summed E-state index contributed by atoms with van der Waals surface area (Å²) in [6.45, 7) is 2.40. The fraction of sp³-hybridized carbons (Fsp3) is 1.00. The predicted octanol–water partition coefficient (Wildman–Crippen LogP) is 0.398. The third kappa shape index (κ3) is 8.83. The molecular weight excluding hydrogens is 88.3 g/mol. The van der Waals surface area contributed by atoms with Crippen LogP contribution in [-0.4, -0.2) is 34.8 Å². The number of aliphatic hydroxyl groups excluding tert-OH is 1. The molecule has 32 valence electrons. The topological polar surface area (TPSA) is 20.2 Å². The molecule has 0 saturated carbocycles. The smallest absolute Gasteiger partial charge is 0.396 e. The van der Waals surface area contributed by atoms with E-state index in [9.17, 15) is 0 Å². The summed E-state index contributed by atoms with van der Waals surface area (Å²) in [4.78, 5) is 0. The molecule has 0 saturated heterocycles. The van der Waals surface area contributed by atoms with Crippen molar-refractivity contribution < 1.29 is 5.11 Å². The van der Waals surface area contributed by atoms with Gasteiger partial charge in [0, 0.05) is 6.61 Å². The molecule has 0 fully saturated rings. The summed E-state index contributed by atoms with van der Waals surface area (Å²) in [5.41, 5.74) is 0. The Hall–Kier alpha value is 0.726. The molecule has 0 spiro atoms. The van der Waals surface area contributed by atoms with Gasteiger partial charge in [-0.3, -0.25) is 0 Å². The van der Waals surface area contributed by atoms with Gasteiger partial charge in [-0.05, 0) is 6.42 Å². The van der Waals surface area contributed by atoms with E-state index in [1.807, 2.05) is 0 Å². The van der Waals surface area contributed by atoms with Crippen LogP contribution in [0.5, 0.6) is 0 Å². The molecule has 0 heterocycles. The van der Waals surface area contributed by atoms with Crippen molar-refractivity contribution in [3.8, 4) is 0 Å². The summed E-state index contributed by atoms with van der Waals surface area (Å²) in [5.74, 6) is 0. The van der Waals surface area contributed by atoms with Gasteiger partial charge in [0.25, 0.3) is 0 Å². The third-order valence-corrected chi connectivity index (χ3v) is 0.512. The molecule has 0 aliphatic rings. The summed E-state index contributed by atoms with van der Waals surface area (Å²) in [6.07, 6.45) is 2.04. The van der Waals surface area contributed by atoms with Crippen molar-refractivity contribution in [1.29, 1.82) is 0 Å². The first kappa shape index (κ1) is 9.87. The van der Waals surface area contributed by atoms with E-state index in [0.29, 0.717) is 6.61 Å². The minimum atomic E-state index is 0. The number of hydrogen-bond donors (Lipinski definition) is 1. The summed E-state index contributed by atoms with van der Waals surface area (Å²) >= 11 is 0. The van der Waals surface area contributed by atoms with Crippen LogP contribution in [0.3, 0.4) is 0 Å². The maximum absolute atomic E-state index is 8.07. The maximum Gasteiger partial charge on any atom is 2.00 e. The largest absolute Gasteiger partial charge is 2.00 e. The van der Waals surface area contributed by atoms with Crippen LogP contribution in [-0.2, 0) is 0 Å². The van der Waals surface area contributed by atoms with Crippen molar-refractivity contribution >= 4 is 23.1 Å². The second-order valence-corrected chi connectivity index (χ2v) is 1.08. The Balaban J connectivity index is 0. The maximum atomic E-state index is 8.07. The number of aliphatic hydroxyl groups is 1. The normalized spacial score (nSPS) is 7.00. The number of unbranched alkanes of at least 4 members (excludes halogenated alkanes) is 1. The van der Waals surface area contributed by atoms with Gasteiger partial charge in [0.1, 0.15) is 0 Å². The van der Waals surface area contributed by atoms with Gasteiger partial charge in [-0.1, -0.05) is 13.3 Å². The van der Waals surface area contributed by atoms with E-state index in [1.165, 1.54) is 0 Å². The predicted molar refractivity (Wildman–Crippen MR) is 27.7 cm³/mol. The molecule has 0 rings (SSSR count). The fourth-order valence-corrected chi connectivity index (χ4v) is 0.158. The van der Waals surface area contributed by atoms with Crippen molar-refractivity contribution in [1.82, 2.24) is 0 Å². The van der Waals surface area contributed by atoms with Crippen LogP contribution in [0.15, 0.2) is 0 Å². The molecule has 0 aromatic heterocycles. The summed E-state index contributed by atoms with van der Waals surface area (Å²) in [6, 6.07) is 0. The summed E-state index contributed by atoms with van der Waals surface area (Å²) in [5, 5.41) is 8.07. The Bertz CT molecular complexity index is 15.0. The Kier molecular flexibility index (Phi) is 15.2. The Morgan fingerprint density at radius 1 is 1.50 bits per heavy atom. The van der Waals surface area contributed by atoms with Crippen molar-refractivity contribution in [2.45, 2.75) is 19.8 Å². The van der Waals surface area contributed by atoms with Crippen molar-refractivity contribution in [3.05, 3.63) is 0 Å². The van der Waals surface area contributed by atoms with Gasteiger partial charge in [-0.15, -0.1) is 0 Å². The van der Waals surface area contributed by atoms with Gasteiger partial charge < -0.3 is 5.11 Å². The molecule has 0 unspecified atom stereocenters. The van der Waals surface area contributed by atoms with E-state index in [0.717, 1.165) is 12.8 Å². The van der Waals surface area contributed by atoms with E-state index in [2.05, 4.69) is 6.92 Å². The van der Waals surface area contributed by atoms with Gasteiger partial charge in [0.2, 0.25) is 0 Å². The molecule has 0 aromatic carbocycles. The zero-order valence-corrected chi connectivity index (χ0v) is 5.69. The molecule has 0 atom stereocenters. The van der Waals surface area contributed by atoms with E-state index in [1.54, 1.807) is 0 Å². The van der Waals surface area contributed by atoms with E-state index in [-0.39, 0.29) is 23.1 Å². The Labute approximate surface area is 54.9 Å². The van der Waals surface area contributed by atoms with E-state index < -0.39 is 0 Å². The molecule has 6 heavy (non-hydrogen) atoms. The minimum Gasteiger partial charge on any atom is -0.396 e. The first-order chi connectivity index (χ1) is 2.41. The van der Waals surface area contributed by atoms with Crippen molar-refractivity contribution in [3.63, 3.8) is 0 Å². The van der Waals surface area contributed by atoms with Crippen molar-refractivity contribution in [2.24, 2.45) is 0 Å². The molecule has 0 aliphatic heterocycles. The SMILES string of the molecule is CCCCO.[Mg+2]. The van der Waals surface area contributed by atoms with Crippen LogP contribution in [0.1, 0.15) is 19.8 Å². The first-order valence-electron chi connectivity index (χ1n) is 2.02. The van der Waals surface area contributed by atoms with E-state index >= 15 is 0 Å². The first-order valence-corrected chi connectivity index (χ1v) is 2.02. The van der Waals surface area contributed by atoms with Gasteiger partial charge >= 0.3 is 23.1 Å². The van der Waals surface area contributed by atoms with Gasteiger partial charge in [-0.2, -0.15) is 0 Å². The fourth-order valence-electron chi connectivity index (χ4n) is 0.158. The third-order valence-electron chi connectivity index (χ3n) is 0.512. The molecule has 1 N–H and O–H groups in total. The van der Waals surface area contributed by atoms with Crippen LogP contribution in [0.2, 0.25) is 0 Å². The van der Waals surface area contributed by atoms with Crippen LogP contribution in [0, 0.1) is 0 Å². The average Bonchev–Trinajstić information content (AvgIpc) is 1.41. The van der Waals surface area contributed by atoms with Gasteiger partial charge in [0.05, 0.1) is 0 Å². The molecule has 1 nitrogen and oxygen atoms in total. The zero-order chi connectivity index (χ0) is 4.12. The molecule has 0 bridgehead atoms. The van der Waals surface area contributed by atoms with Crippen LogP contribution < -0.4 is 0 Å². The standard InChI is InChI=1S/C4H10O.Mg/c1-2-3-4-5;/h5H,2-4H2,1H3;/q;+2. The Morgan fingerprint density at radius 3 is 2.00 bits per heavy atom. The zero-order valence-electron chi connectivity index (χ0n) is 4.28. The monoisotopic (exact) mass is 98.1 g/mol. The Morgan fingerprint density at radius 2 is 2.00 bits per heavy atom. The van der Waals surface area contributed by atoms with Crippen LogP contribution >= 0.6 is 0 Å². The molecule has 0 aromatic rings. The van der Waals surface area contributed by atoms with Crippen LogP contribution in [0.4, 0.5) is 0 Å². The molecule has 2 heteroatoms. The average molecular weight is 98.4 g/mol.